The highest BCUT2D eigenvalue weighted by Crippen LogP contribution is 2.27. The van der Waals surface area contributed by atoms with E-state index in [1.165, 1.54) is 12.8 Å². The van der Waals surface area contributed by atoms with Gasteiger partial charge in [0.2, 0.25) is 0 Å². The van der Waals surface area contributed by atoms with Crippen molar-refractivity contribution in [1.29, 1.82) is 0 Å². The molecule has 0 saturated carbocycles. The van der Waals surface area contributed by atoms with E-state index in [2.05, 4.69) is 26.3 Å². The van der Waals surface area contributed by atoms with Gasteiger partial charge in [-0.25, -0.2) is 9.78 Å². The molecule has 26 heavy (non-hydrogen) atoms. The molecule has 6 heteroatoms. The number of aromatic nitrogens is 2. The minimum absolute atomic E-state index is 0.0760. The van der Waals surface area contributed by atoms with Crippen molar-refractivity contribution in [1.82, 2.24) is 14.9 Å². The van der Waals surface area contributed by atoms with Crippen molar-refractivity contribution in [2.45, 2.75) is 19.3 Å². The molecule has 2 aliphatic rings. The molecule has 0 unspecified atom stereocenters. The Bertz CT molecular complexity index is 799. The van der Waals surface area contributed by atoms with Crippen molar-refractivity contribution < 1.29 is 4.79 Å². The Morgan fingerprint density at radius 3 is 2.73 bits per heavy atom. The maximum absolute atomic E-state index is 12.8. The van der Waals surface area contributed by atoms with E-state index in [0.29, 0.717) is 6.54 Å². The van der Waals surface area contributed by atoms with E-state index in [9.17, 15) is 4.79 Å². The summed E-state index contributed by atoms with van der Waals surface area (Å²) >= 11 is 0. The lowest BCUT2D eigenvalue weighted by molar-refractivity contribution is 0.217. The first-order chi connectivity index (χ1) is 12.8. The van der Waals surface area contributed by atoms with E-state index in [1.807, 2.05) is 35.4 Å². The first kappa shape index (κ1) is 16.6. The van der Waals surface area contributed by atoms with Crippen molar-refractivity contribution in [3.05, 3.63) is 54.5 Å². The van der Waals surface area contributed by atoms with Crippen LogP contribution < -0.4 is 10.2 Å². The van der Waals surface area contributed by atoms with Crippen molar-refractivity contribution in [2.24, 2.45) is 0 Å². The number of nitrogens with zero attached hydrogens (tertiary/aromatic N) is 4. The molecule has 2 amide bonds. The Morgan fingerprint density at radius 1 is 1.08 bits per heavy atom. The summed E-state index contributed by atoms with van der Waals surface area (Å²) < 4.78 is 0. The second-order valence-electron chi connectivity index (χ2n) is 6.68. The molecule has 2 aliphatic heterocycles. The molecule has 0 bridgehead atoms. The lowest BCUT2D eigenvalue weighted by Gasteiger charge is -2.28. The van der Waals surface area contributed by atoms with Gasteiger partial charge in [0.25, 0.3) is 0 Å². The number of carbonyl (C=O) groups excluding carboxylic acids is 1. The van der Waals surface area contributed by atoms with Gasteiger partial charge in [0.1, 0.15) is 0 Å². The summed E-state index contributed by atoms with van der Waals surface area (Å²) in [6, 6.07) is 7.68. The maximum Gasteiger partial charge on any atom is 0.322 e. The molecule has 1 N–H and O–H groups in total. The standard InChI is InChI=1S/C20H23N5O/c26-20(23-18-8-4-10-22-19(18)24-11-1-2-12-24)25-13-5-7-17(15-25)16-6-3-9-21-14-16/h3-4,6-10,14H,1-2,5,11-13,15H2,(H,23,26). The third-order valence-corrected chi connectivity index (χ3v) is 4.90. The van der Waals surface area contributed by atoms with Crippen molar-refractivity contribution in [2.75, 3.05) is 36.4 Å². The van der Waals surface area contributed by atoms with Gasteiger partial charge in [-0.3, -0.25) is 4.98 Å². The molecule has 1 fully saturated rings. The van der Waals surface area contributed by atoms with Crippen LogP contribution in [0.4, 0.5) is 16.3 Å². The molecule has 0 aliphatic carbocycles. The zero-order chi connectivity index (χ0) is 17.8. The predicted molar refractivity (Wildman–Crippen MR) is 103 cm³/mol. The van der Waals surface area contributed by atoms with Crippen molar-refractivity contribution >= 4 is 23.1 Å². The highest BCUT2D eigenvalue weighted by Gasteiger charge is 2.22. The molecule has 6 nitrogen and oxygen atoms in total. The molecule has 2 aromatic heterocycles. The highest BCUT2D eigenvalue weighted by molar-refractivity contribution is 5.93. The Morgan fingerprint density at radius 2 is 1.92 bits per heavy atom. The van der Waals surface area contributed by atoms with Gasteiger partial charge in [0, 0.05) is 44.8 Å². The smallest absolute Gasteiger partial charge is 0.322 e. The third-order valence-electron chi connectivity index (χ3n) is 4.90. The fourth-order valence-electron chi connectivity index (χ4n) is 3.55. The van der Waals surface area contributed by atoms with Crippen LogP contribution in [0.15, 0.2) is 48.9 Å². The maximum atomic E-state index is 12.8. The third kappa shape index (κ3) is 3.54. The van der Waals surface area contributed by atoms with E-state index in [0.717, 1.165) is 48.7 Å². The zero-order valence-electron chi connectivity index (χ0n) is 14.8. The van der Waals surface area contributed by atoms with Crippen LogP contribution in [0.3, 0.4) is 0 Å². The number of nitrogens with one attached hydrogen (secondary N) is 1. The number of rotatable bonds is 3. The molecule has 0 radical (unpaired) electrons. The van der Waals surface area contributed by atoms with Crippen LogP contribution in [0.5, 0.6) is 0 Å². The van der Waals surface area contributed by atoms with E-state index in [-0.39, 0.29) is 6.03 Å². The molecule has 0 aromatic carbocycles. The summed E-state index contributed by atoms with van der Waals surface area (Å²) in [7, 11) is 0. The first-order valence-corrected chi connectivity index (χ1v) is 9.16. The summed E-state index contributed by atoms with van der Waals surface area (Å²) in [5.74, 6) is 0.874. The molecule has 2 aromatic rings. The van der Waals surface area contributed by atoms with E-state index in [4.69, 9.17) is 0 Å². The minimum atomic E-state index is -0.0760. The molecule has 4 heterocycles. The molecular formula is C20H23N5O. The van der Waals surface area contributed by atoms with Gasteiger partial charge >= 0.3 is 6.03 Å². The minimum Gasteiger partial charge on any atom is -0.355 e. The van der Waals surface area contributed by atoms with Crippen LogP contribution >= 0.6 is 0 Å². The fraction of sp³-hybridized carbons (Fsp3) is 0.350. The average Bonchev–Trinajstić information content (AvgIpc) is 3.24. The molecule has 4 rings (SSSR count). The van der Waals surface area contributed by atoms with Gasteiger partial charge in [-0.15, -0.1) is 0 Å². The van der Waals surface area contributed by atoms with E-state index < -0.39 is 0 Å². The molecular weight excluding hydrogens is 326 g/mol. The number of hydrogen-bond donors (Lipinski definition) is 1. The monoisotopic (exact) mass is 349 g/mol. The summed E-state index contributed by atoms with van der Waals surface area (Å²) in [4.78, 5) is 25.6. The Kier molecular flexibility index (Phi) is 4.82. The van der Waals surface area contributed by atoms with E-state index in [1.54, 1.807) is 12.4 Å². The number of urea groups is 1. The summed E-state index contributed by atoms with van der Waals surface area (Å²) in [6.07, 6.45) is 10.8. The quantitative estimate of drug-likeness (QED) is 0.923. The highest BCUT2D eigenvalue weighted by atomic mass is 16.2. The van der Waals surface area contributed by atoms with Gasteiger partial charge in [0.15, 0.2) is 5.82 Å². The number of anilines is 2. The summed E-state index contributed by atoms with van der Waals surface area (Å²) in [6.45, 7) is 3.31. The molecule has 134 valence electrons. The number of hydrogen-bond acceptors (Lipinski definition) is 4. The van der Waals surface area contributed by atoms with Gasteiger partial charge in [-0.1, -0.05) is 12.1 Å². The number of carbonyl (C=O) groups is 1. The van der Waals surface area contributed by atoms with Crippen LogP contribution in [0.25, 0.3) is 5.57 Å². The Labute approximate surface area is 153 Å². The van der Waals surface area contributed by atoms with Crippen LogP contribution in [0.2, 0.25) is 0 Å². The normalized spacial score (nSPS) is 17.2. The number of amides is 2. The zero-order valence-corrected chi connectivity index (χ0v) is 14.8. The van der Waals surface area contributed by atoms with Gasteiger partial charge in [-0.2, -0.15) is 0 Å². The summed E-state index contributed by atoms with van der Waals surface area (Å²) in [5.41, 5.74) is 3.01. The van der Waals surface area contributed by atoms with Crippen molar-refractivity contribution in [3.63, 3.8) is 0 Å². The lowest BCUT2D eigenvalue weighted by Crippen LogP contribution is -2.39. The SMILES string of the molecule is O=C(Nc1cccnc1N1CCCC1)N1CCC=C(c2cccnc2)C1. The molecule has 1 saturated heterocycles. The topological polar surface area (TPSA) is 61.4 Å². The fourth-order valence-corrected chi connectivity index (χ4v) is 3.55. The largest absolute Gasteiger partial charge is 0.355 e. The van der Waals surface area contributed by atoms with Gasteiger partial charge in [0.05, 0.1) is 5.69 Å². The van der Waals surface area contributed by atoms with Gasteiger partial charge in [-0.05, 0) is 48.6 Å². The van der Waals surface area contributed by atoms with Crippen LogP contribution in [-0.4, -0.2) is 47.1 Å². The molecule has 0 spiro atoms. The Balaban J connectivity index is 1.47. The Hall–Kier alpha value is -2.89. The number of pyridine rings is 2. The average molecular weight is 349 g/mol. The van der Waals surface area contributed by atoms with E-state index >= 15 is 0 Å². The van der Waals surface area contributed by atoms with Crippen LogP contribution in [0, 0.1) is 0 Å². The van der Waals surface area contributed by atoms with Crippen LogP contribution in [-0.2, 0) is 0 Å². The van der Waals surface area contributed by atoms with Gasteiger partial charge < -0.3 is 15.1 Å². The summed E-state index contributed by atoms with van der Waals surface area (Å²) in [5, 5.41) is 3.07. The lowest BCUT2D eigenvalue weighted by atomic mass is 10.0. The van der Waals surface area contributed by atoms with Crippen LogP contribution in [0.1, 0.15) is 24.8 Å². The molecule has 0 atom stereocenters. The van der Waals surface area contributed by atoms with Crippen molar-refractivity contribution in [3.8, 4) is 0 Å². The second-order valence-corrected chi connectivity index (χ2v) is 6.68. The first-order valence-electron chi connectivity index (χ1n) is 9.16. The second kappa shape index (κ2) is 7.56. The predicted octanol–water partition coefficient (Wildman–Crippen LogP) is 3.40.